The summed E-state index contributed by atoms with van der Waals surface area (Å²) in [7, 11) is 0. The molecule has 20 heavy (non-hydrogen) atoms. The first-order valence-corrected chi connectivity index (χ1v) is 6.25. The topological polar surface area (TPSA) is 98.5 Å². The van der Waals surface area contributed by atoms with E-state index in [1.165, 1.54) is 6.92 Å². The van der Waals surface area contributed by atoms with Crippen molar-refractivity contribution in [3.05, 3.63) is 35.9 Å². The van der Waals surface area contributed by atoms with Crippen LogP contribution in [0.25, 0.3) is 0 Å². The SMILES string of the molecule is CC(=O)OCC(=O)N[C@H](CCc1ccccc1)C(N)=O. The lowest BCUT2D eigenvalue weighted by Gasteiger charge is -2.15. The number of rotatable bonds is 7. The Hall–Kier alpha value is -2.37. The number of hydrogen-bond acceptors (Lipinski definition) is 4. The number of nitrogens with one attached hydrogen (secondary N) is 1. The van der Waals surface area contributed by atoms with Gasteiger partial charge in [0.25, 0.3) is 5.91 Å². The molecule has 0 aliphatic rings. The van der Waals surface area contributed by atoms with Gasteiger partial charge in [-0.15, -0.1) is 0 Å². The number of esters is 1. The normalized spacial score (nSPS) is 11.4. The molecule has 6 heteroatoms. The first-order chi connectivity index (χ1) is 9.49. The number of hydrogen-bond donors (Lipinski definition) is 2. The third kappa shape index (κ3) is 5.99. The van der Waals surface area contributed by atoms with E-state index in [-0.39, 0.29) is 0 Å². The molecule has 1 aromatic rings. The Kier molecular flexibility index (Phi) is 6.22. The van der Waals surface area contributed by atoms with E-state index >= 15 is 0 Å². The summed E-state index contributed by atoms with van der Waals surface area (Å²) in [6, 6.07) is 8.77. The van der Waals surface area contributed by atoms with Crippen LogP contribution < -0.4 is 11.1 Å². The number of nitrogens with two attached hydrogens (primary N) is 1. The lowest BCUT2D eigenvalue weighted by atomic mass is 10.0. The second kappa shape index (κ2) is 7.93. The predicted octanol–water partition coefficient (Wildman–Crippen LogP) is 0.152. The smallest absolute Gasteiger partial charge is 0.303 e. The zero-order valence-electron chi connectivity index (χ0n) is 11.3. The molecule has 0 aliphatic heterocycles. The largest absolute Gasteiger partial charge is 0.456 e. The van der Waals surface area contributed by atoms with Crippen molar-refractivity contribution in [1.29, 1.82) is 0 Å². The molecule has 108 valence electrons. The number of carbonyl (C=O) groups excluding carboxylic acids is 3. The van der Waals surface area contributed by atoms with Crippen LogP contribution in [-0.4, -0.2) is 30.4 Å². The van der Waals surface area contributed by atoms with Gasteiger partial charge in [-0.2, -0.15) is 0 Å². The Morgan fingerprint density at radius 2 is 1.90 bits per heavy atom. The Balaban J connectivity index is 2.46. The summed E-state index contributed by atoms with van der Waals surface area (Å²) in [5.41, 5.74) is 6.29. The van der Waals surface area contributed by atoms with Gasteiger partial charge in [0.05, 0.1) is 0 Å². The van der Waals surface area contributed by atoms with Gasteiger partial charge >= 0.3 is 5.97 Å². The maximum absolute atomic E-state index is 11.5. The highest BCUT2D eigenvalue weighted by atomic mass is 16.5. The molecule has 0 bridgehead atoms. The standard InChI is InChI=1S/C14H18N2O4/c1-10(17)20-9-13(18)16-12(14(15)19)8-7-11-5-3-2-4-6-11/h2-6,12H,7-9H2,1H3,(H2,15,19)(H,16,18)/t12-/m1/s1. The third-order valence-electron chi connectivity index (χ3n) is 2.65. The van der Waals surface area contributed by atoms with E-state index in [4.69, 9.17) is 5.73 Å². The van der Waals surface area contributed by atoms with E-state index in [0.29, 0.717) is 12.8 Å². The van der Waals surface area contributed by atoms with Gasteiger partial charge in [-0.1, -0.05) is 30.3 Å². The molecule has 0 spiro atoms. The van der Waals surface area contributed by atoms with Crippen LogP contribution in [-0.2, 0) is 25.5 Å². The van der Waals surface area contributed by atoms with Crippen LogP contribution in [0.5, 0.6) is 0 Å². The molecule has 0 unspecified atom stereocenters. The van der Waals surface area contributed by atoms with Gasteiger partial charge in [0, 0.05) is 6.92 Å². The number of ether oxygens (including phenoxy) is 1. The Bertz CT molecular complexity index is 473. The van der Waals surface area contributed by atoms with Gasteiger partial charge in [-0.3, -0.25) is 14.4 Å². The van der Waals surface area contributed by atoms with E-state index in [9.17, 15) is 14.4 Å². The number of primary amides is 1. The van der Waals surface area contributed by atoms with E-state index in [2.05, 4.69) is 10.1 Å². The Labute approximate surface area is 117 Å². The molecular formula is C14H18N2O4. The van der Waals surface area contributed by atoms with Crippen molar-refractivity contribution in [1.82, 2.24) is 5.32 Å². The minimum absolute atomic E-state index is 0.394. The highest BCUT2D eigenvalue weighted by Crippen LogP contribution is 2.05. The molecule has 0 saturated carbocycles. The van der Waals surface area contributed by atoms with Crippen molar-refractivity contribution < 1.29 is 19.1 Å². The van der Waals surface area contributed by atoms with Crippen LogP contribution in [0.15, 0.2) is 30.3 Å². The molecule has 1 aromatic carbocycles. The second-order valence-electron chi connectivity index (χ2n) is 4.33. The maximum Gasteiger partial charge on any atom is 0.303 e. The fourth-order valence-electron chi connectivity index (χ4n) is 1.64. The van der Waals surface area contributed by atoms with Crippen LogP contribution in [0.1, 0.15) is 18.9 Å². The summed E-state index contributed by atoms with van der Waals surface area (Å²) in [6.07, 6.45) is 1.01. The van der Waals surface area contributed by atoms with E-state index in [1.54, 1.807) is 0 Å². The van der Waals surface area contributed by atoms with Crippen molar-refractivity contribution in [2.24, 2.45) is 5.73 Å². The molecule has 2 amide bonds. The molecule has 1 atom stereocenters. The lowest BCUT2D eigenvalue weighted by molar-refractivity contribution is -0.146. The molecule has 6 nitrogen and oxygen atoms in total. The van der Waals surface area contributed by atoms with Gasteiger partial charge in [-0.05, 0) is 18.4 Å². The third-order valence-corrected chi connectivity index (χ3v) is 2.65. The van der Waals surface area contributed by atoms with E-state index in [0.717, 1.165) is 5.56 Å². The molecule has 0 aromatic heterocycles. The molecular weight excluding hydrogens is 260 g/mol. The average molecular weight is 278 g/mol. The summed E-state index contributed by atoms with van der Waals surface area (Å²) < 4.78 is 4.54. The predicted molar refractivity (Wildman–Crippen MR) is 72.5 cm³/mol. The Morgan fingerprint density at radius 1 is 1.25 bits per heavy atom. The van der Waals surface area contributed by atoms with Gasteiger partial charge in [-0.25, -0.2) is 0 Å². The van der Waals surface area contributed by atoms with Crippen LogP contribution in [0.3, 0.4) is 0 Å². The Morgan fingerprint density at radius 3 is 2.45 bits per heavy atom. The van der Waals surface area contributed by atoms with Crippen molar-refractivity contribution in [3.63, 3.8) is 0 Å². The molecule has 0 heterocycles. The van der Waals surface area contributed by atoms with Crippen LogP contribution in [0.4, 0.5) is 0 Å². The number of amides is 2. The van der Waals surface area contributed by atoms with Crippen molar-refractivity contribution in [3.8, 4) is 0 Å². The van der Waals surface area contributed by atoms with Crippen molar-refractivity contribution in [2.75, 3.05) is 6.61 Å². The number of carbonyl (C=O) groups is 3. The summed E-state index contributed by atoms with van der Waals surface area (Å²) in [5.74, 6) is -1.71. The fourth-order valence-corrected chi connectivity index (χ4v) is 1.64. The maximum atomic E-state index is 11.5. The second-order valence-corrected chi connectivity index (χ2v) is 4.33. The zero-order valence-corrected chi connectivity index (χ0v) is 11.3. The van der Waals surface area contributed by atoms with Gasteiger partial charge in [0.15, 0.2) is 6.61 Å². The highest BCUT2D eigenvalue weighted by molar-refractivity contribution is 5.87. The number of benzene rings is 1. The van der Waals surface area contributed by atoms with Gasteiger partial charge < -0.3 is 15.8 Å². The van der Waals surface area contributed by atoms with Crippen molar-refractivity contribution >= 4 is 17.8 Å². The minimum atomic E-state index is -0.779. The molecule has 0 radical (unpaired) electrons. The number of aryl methyl sites for hydroxylation is 1. The highest BCUT2D eigenvalue weighted by Gasteiger charge is 2.18. The average Bonchev–Trinajstić information content (AvgIpc) is 2.42. The first-order valence-electron chi connectivity index (χ1n) is 6.25. The van der Waals surface area contributed by atoms with Crippen molar-refractivity contribution in [2.45, 2.75) is 25.8 Å². The lowest BCUT2D eigenvalue weighted by Crippen LogP contribution is -2.46. The molecule has 0 aliphatic carbocycles. The summed E-state index contributed by atoms with van der Waals surface area (Å²) in [6.45, 7) is 0.790. The monoisotopic (exact) mass is 278 g/mol. The van der Waals surface area contributed by atoms with Gasteiger partial charge in [0.1, 0.15) is 6.04 Å². The van der Waals surface area contributed by atoms with Crippen LogP contribution >= 0.6 is 0 Å². The zero-order chi connectivity index (χ0) is 15.0. The summed E-state index contributed by atoms with van der Waals surface area (Å²) in [4.78, 5) is 33.4. The summed E-state index contributed by atoms with van der Waals surface area (Å²) >= 11 is 0. The quantitative estimate of drug-likeness (QED) is 0.694. The molecule has 0 fully saturated rings. The molecule has 0 saturated heterocycles. The van der Waals surface area contributed by atoms with Gasteiger partial charge in [0.2, 0.25) is 5.91 Å². The van der Waals surface area contributed by atoms with E-state index < -0.39 is 30.4 Å². The minimum Gasteiger partial charge on any atom is -0.456 e. The first kappa shape index (κ1) is 15.7. The van der Waals surface area contributed by atoms with E-state index in [1.807, 2.05) is 30.3 Å². The summed E-state index contributed by atoms with van der Waals surface area (Å²) in [5, 5.41) is 2.45. The molecule has 1 rings (SSSR count). The van der Waals surface area contributed by atoms with Crippen LogP contribution in [0, 0.1) is 0 Å². The molecule has 3 N–H and O–H groups in total. The fraction of sp³-hybridized carbons (Fsp3) is 0.357. The van der Waals surface area contributed by atoms with Crippen LogP contribution in [0.2, 0.25) is 0 Å².